The molecule has 4 nitrogen and oxygen atoms in total. The molecule has 7 heteroatoms. The predicted octanol–water partition coefficient (Wildman–Crippen LogP) is 3.05. The van der Waals surface area contributed by atoms with Gasteiger partial charge in [0.25, 0.3) is 0 Å². The van der Waals surface area contributed by atoms with Gasteiger partial charge in [0.1, 0.15) is 0 Å². The lowest BCUT2D eigenvalue weighted by Gasteiger charge is -1.97. The van der Waals surface area contributed by atoms with Gasteiger partial charge in [-0.15, -0.1) is 22.7 Å². The highest BCUT2D eigenvalue weighted by atomic mass is 35.5. The number of nitrogens with zero attached hydrogens (tertiary/aromatic N) is 3. The maximum absolute atomic E-state index is 5.74. The van der Waals surface area contributed by atoms with Crippen molar-refractivity contribution < 1.29 is 0 Å². The summed E-state index contributed by atoms with van der Waals surface area (Å²) in [4.78, 5) is 12.8. The number of aromatic nitrogens is 3. The fourth-order valence-electron chi connectivity index (χ4n) is 1.35. The molecule has 0 aliphatic carbocycles. The van der Waals surface area contributed by atoms with Crippen LogP contribution in [0.1, 0.15) is 0 Å². The highest BCUT2D eigenvalue weighted by Gasteiger charge is 2.09. The first-order chi connectivity index (χ1) is 7.72. The summed E-state index contributed by atoms with van der Waals surface area (Å²) in [5.74, 6) is 0.678. The van der Waals surface area contributed by atoms with Gasteiger partial charge in [-0.2, -0.15) is 15.0 Å². The molecule has 0 spiro atoms. The molecule has 0 radical (unpaired) electrons. The fraction of sp³-hybridized carbons (Fsp3) is 0. The van der Waals surface area contributed by atoms with Crippen LogP contribution in [0.4, 0.5) is 5.95 Å². The summed E-state index contributed by atoms with van der Waals surface area (Å²) < 4.78 is 2.44. The van der Waals surface area contributed by atoms with E-state index in [4.69, 9.17) is 17.3 Å². The minimum absolute atomic E-state index is 0.124. The van der Waals surface area contributed by atoms with Crippen LogP contribution in [0.5, 0.6) is 0 Å². The van der Waals surface area contributed by atoms with Crippen molar-refractivity contribution in [3.8, 4) is 10.7 Å². The Morgan fingerprint density at radius 2 is 2.06 bits per heavy atom. The molecule has 0 aliphatic rings. The molecule has 0 bridgehead atoms. The van der Waals surface area contributed by atoms with Crippen molar-refractivity contribution in [1.29, 1.82) is 0 Å². The van der Waals surface area contributed by atoms with Crippen LogP contribution in [0, 0.1) is 0 Å². The molecule has 3 aromatic rings. The van der Waals surface area contributed by atoms with Gasteiger partial charge in [0, 0.05) is 9.40 Å². The SMILES string of the molecule is Nc1nc(Cl)nc(-c2cc3sccc3s2)n1. The van der Waals surface area contributed by atoms with Gasteiger partial charge in [0.05, 0.1) is 4.88 Å². The van der Waals surface area contributed by atoms with E-state index in [1.54, 1.807) is 22.7 Å². The number of nitrogens with two attached hydrogens (primary N) is 1. The van der Waals surface area contributed by atoms with E-state index < -0.39 is 0 Å². The van der Waals surface area contributed by atoms with Crippen LogP contribution in [0.3, 0.4) is 0 Å². The number of hydrogen-bond donors (Lipinski definition) is 1. The Kier molecular flexibility index (Phi) is 2.27. The highest BCUT2D eigenvalue weighted by Crippen LogP contribution is 2.35. The second kappa shape index (κ2) is 3.65. The summed E-state index contributed by atoms with van der Waals surface area (Å²) in [6.45, 7) is 0. The van der Waals surface area contributed by atoms with Gasteiger partial charge in [-0.25, -0.2) is 0 Å². The molecule has 2 N–H and O–H groups in total. The zero-order chi connectivity index (χ0) is 11.1. The first-order valence-corrected chi connectivity index (χ1v) is 6.44. The Morgan fingerprint density at radius 3 is 2.81 bits per heavy atom. The molecule has 0 saturated carbocycles. The third-order valence-electron chi connectivity index (χ3n) is 1.99. The molecule has 0 amide bonds. The second-order valence-electron chi connectivity index (χ2n) is 3.05. The standard InChI is InChI=1S/C9H5ClN4S2/c10-8-12-7(13-9(11)14-8)6-3-5-4(16-6)1-2-15-5/h1-3H,(H2,11,12,13,14). The quantitative estimate of drug-likeness (QED) is 0.737. The average molecular weight is 269 g/mol. The summed E-state index contributed by atoms with van der Waals surface area (Å²) in [7, 11) is 0. The monoisotopic (exact) mass is 268 g/mol. The zero-order valence-electron chi connectivity index (χ0n) is 7.85. The van der Waals surface area contributed by atoms with Crippen LogP contribution < -0.4 is 5.73 Å². The van der Waals surface area contributed by atoms with E-state index in [1.807, 2.05) is 6.07 Å². The fourth-order valence-corrected chi connectivity index (χ4v) is 3.56. The summed E-state index contributed by atoms with van der Waals surface area (Å²) in [6.07, 6.45) is 0. The number of anilines is 1. The largest absolute Gasteiger partial charge is 0.368 e. The van der Waals surface area contributed by atoms with Gasteiger partial charge < -0.3 is 5.73 Å². The first-order valence-electron chi connectivity index (χ1n) is 4.37. The second-order valence-corrected chi connectivity index (χ2v) is 5.42. The third kappa shape index (κ3) is 1.64. The Morgan fingerprint density at radius 1 is 1.19 bits per heavy atom. The minimum atomic E-state index is 0.124. The maximum atomic E-state index is 5.74. The first kappa shape index (κ1) is 9.95. The predicted molar refractivity (Wildman–Crippen MR) is 67.9 cm³/mol. The van der Waals surface area contributed by atoms with Gasteiger partial charge in [0.2, 0.25) is 11.2 Å². The van der Waals surface area contributed by atoms with Crippen LogP contribution in [0.15, 0.2) is 17.5 Å². The lowest BCUT2D eigenvalue weighted by molar-refractivity contribution is 1.08. The topological polar surface area (TPSA) is 64.7 Å². The Labute approximate surface area is 104 Å². The van der Waals surface area contributed by atoms with Crippen molar-refractivity contribution in [2.75, 3.05) is 5.73 Å². The number of fused-ring (bicyclic) bond motifs is 1. The number of thiophene rings is 2. The normalized spacial score (nSPS) is 11.1. The molecule has 3 rings (SSSR count). The van der Waals surface area contributed by atoms with Crippen molar-refractivity contribution >= 4 is 49.6 Å². The summed E-state index contributed by atoms with van der Waals surface area (Å²) in [5, 5.41) is 2.18. The third-order valence-corrected chi connectivity index (χ3v) is 4.24. The van der Waals surface area contributed by atoms with E-state index in [2.05, 4.69) is 26.4 Å². The van der Waals surface area contributed by atoms with Crippen molar-refractivity contribution in [2.24, 2.45) is 0 Å². The molecule has 3 heterocycles. The van der Waals surface area contributed by atoms with E-state index in [9.17, 15) is 0 Å². The van der Waals surface area contributed by atoms with E-state index in [-0.39, 0.29) is 11.2 Å². The molecule has 0 unspecified atom stereocenters. The molecule has 0 aromatic carbocycles. The summed E-state index contributed by atoms with van der Waals surface area (Å²) in [5.41, 5.74) is 5.53. The molecule has 0 saturated heterocycles. The van der Waals surface area contributed by atoms with Crippen LogP contribution in [-0.4, -0.2) is 15.0 Å². The smallest absolute Gasteiger partial charge is 0.227 e. The number of rotatable bonds is 1. The lowest BCUT2D eigenvalue weighted by Crippen LogP contribution is -1.98. The molecule has 3 aromatic heterocycles. The number of nitrogen functional groups attached to an aromatic ring is 1. The maximum Gasteiger partial charge on any atom is 0.227 e. The van der Waals surface area contributed by atoms with E-state index in [0.717, 1.165) is 4.88 Å². The number of halogens is 1. The highest BCUT2D eigenvalue weighted by molar-refractivity contribution is 7.28. The molecule has 0 aliphatic heterocycles. The van der Waals surface area contributed by atoms with Gasteiger partial charge >= 0.3 is 0 Å². The van der Waals surface area contributed by atoms with Crippen LogP contribution in [-0.2, 0) is 0 Å². The summed E-state index contributed by atoms with van der Waals surface area (Å²) in [6, 6.07) is 4.11. The lowest BCUT2D eigenvalue weighted by atomic mass is 10.4. The van der Waals surface area contributed by atoms with Crippen molar-refractivity contribution in [1.82, 2.24) is 15.0 Å². The van der Waals surface area contributed by atoms with Crippen molar-refractivity contribution in [2.45, 2.75) is 0 Å². The van der Waals surface area contributed by atoms with E-state index in [0.29, 0.717) is 5.82 Å². The van der Waals surface area contributed by atoms with E-state index >= 15 is 0 Å². The van der Waals surface area contributed by atoms with Crippen LogP contribution in [0.25, 0.3) is 20.1 Å². The van der Waals surface area contributed by atoms with Gasteiger partial charge in [-0.1, -0.05) is 0 Å². The minimum Gasteiger partial charge on any atom is -0.368 e. The molecular weight excluding hydrogens is 264 g/mol. The van der Waals surface area contributed by atoms with Gasteiger partial charge in [0.15, 0.2) is 5.82 Å². The van der Waals surface area contributed by atoms with Crippen LogP contribution in [0.2, 0.25) is 5.28 Å². The van der Waals surface area contributed by atoms with Gasteiger partial charge in [-0.3, -0.25) is 0 Å². The Balaban J connectivity index is 2.18. The molecule has 80 valence electrons. The van der Waals surface area contributed by atoms with Crippen molar-refractivity contribution in [3.63, 3.8) is 0 Å². The van der Waals surface area contributed by atoms with Crippen LogP contribution >= 0.6 is 34.3 Å². The molecular formula is C9H5ClN4S2. The molecule has 0 fully saturated rings. The Hall–Kier alpha value is -1.24. The zero-order valence-corrected chi connectivity index (χ0v) is 10.2. The van der Waals surface area contributed by atoms with Gasteiger partial charge in [-0.05, 0) is 29.1 Å². The van der Waals surface area contributed by atoms with E-state index in [1.165, 1.54) is 9.40 Å². The average Bonchev–Trinajstić information content (AvgIpc) is 2.74. The van der Waals surface area contributed by atoms with Crippen molar-refractivity contribution in [3.05, 3.63) is 22.8 Å². The summed E-state index contributed by atoms with van der Waals surface area (Å²) >= 11 is 9.04. The number of hydrogen-bond acceptors (Lipinski definition) is 6. The molecule has 16 heavy (non-hydrogen) atoms. The Bertz CT molecular complexity index is 612. The molecule has 0 atom stereocenters.